The molecule has 0 saturated heterocycles. The summed E-state index contributed by atoms with van der Waals surface area (Å²) in [6, 6.07) is 23.2. The maximum absolute atomic E-state index is 12.9. The monoisotopic (exact) mass is 379 g/mol. The molecule has 0 spiro atoms. The molecule has 0 aliphatic rings. The quantitative estimate of drug-likeness (QED) is 0.529. The number of benzene rings is 3. The number of hydrogen-bond donors (Lipinski definition) is 2. The minimum absolute atomic E-state index is 0.277. The Kier molecular flexibility index (Phi) is 5.74. The summed E-state index contributed by atoms with van der Waals surface area (Å²) in [5.74, 6) is -1.42. The molecule has 0 saturated carbocycles. The Morgan fingerprint density at radius 1 is 0.926 bits per heavy atom. The summed E-state index contributed by atoms with van der Waals surface area (Å²) in [6.45, 7) is 0.277. The number of carbonyl (C=O) groups is 2. The van der Waals surface area contributed by atoms with Gasteiger partial charge >= 0.3 is 11.8 Å². The molecule has 0 atom stereocenters. The number of anilines is 3. The fourth-order valence-electron chi connectivity index (χ4n) is 2.57. The van der Waals surface area contributed by atoms with Crippen LogP contribution in [-0.2, 0) is 16.1 Å². The van der Waals surface area contributed by atoms with Gasteiger partial charge in [0.1, 0.15) is 0 Å². The van der Waals surface area contributed by atoms with Gasteiger partial charge in [-0.25, -0.2) is 0 Å². The second kappa shape index (κ2) is 8.38. The van der Waals surface area contributed by atoms with Crippen LogP contribution in [0.2, 0.25) is 5.02 Å². The van der Waals surface area contributed by atoms with Gasteiger partial charge in [-0.2, -0.15) is 0 Å². The van der Waals surface area contributed by atoms with Gasteiger partial charge in [0.05, 0.1) is 17.3 Å². The predicted octanol–water partition coefficient (Wildman–Crippen LogP) is 4.09. The molecule has 3 aromatic rings. The van der Waals surface area contributed by atoms with Crippen molar-refractivity contribution in [3.8, 4) is 0 Å². The molecule has 0 aliphatic carbocycles. The average molecular weight is 380 g/mol. The SMILES string of the molecule is Nc1ccc(NC(=O)C(=O)N(Cc2ccccc2)c2ccccc2)cc1Cl. The molecule has 0 fully saturated rings. The zero-order valence-corrected chi connectivity index (χ0v) is 15.2. The fourth-order valence-corrected chi connectivity index (χ4v) is 2.75. The van der Waals surface area contributed by atoms with E-state index in [1.165, 1.54) is 11.0 Å². The van der Waals surface area contributed by atoms with E-state index in [1.54, 1.807) is 24.3 Å². The molecular formula is C21H18ClN3O2. The number of hydrogen-bond acceptors (Lipinski definition) is 3. The van der Waals surface area contributed by atoms with Gasteiger partial charge in [-0.3, -0.25) is 14.5 Å². The van der Waals surface area contributed by atoms with Crippen LogP contribution in [-0.4, -0.2) is 11.8 Å². The maximum Gasteiger partial charge on any atom is 0.316 e. The summed E-state index contributed by atoms with van der Waals surface area (Å²) in [7, 11) is 0. The fraction of sp³-hybridized carbons (Fsp3) is 0.0476. The van der Waals surface area contributed by atoms with Gasteiger partial charge in [-0.1, -0.05) is 60.1 Å². The first-order chi connectivity index (χ1) is 13.0. The molecule has 3 rings (SSSR count). The van der Waals surface area contributed by atoms with Crippen LogP contribution in [0, 0.1) is 0 Å². The standard InChI is InChI=1S/C21H18ClN3O2/c22-18-13-16(11-12-19(18)23)24-20(26)21(27)25(17-9-5-2-6-10-17)14-15-7-3-1-4-8-15/h1-13H,14,23H2,(H,24,26). The van der Waals surface area contributed by atoms with Crippen molar-refractivity contribution in [3.63, 3.8) is 0 Å². The second-order valence-electron chi connectivity index (χ2n) is 5.90. The van der Waals surface area contributed by atoms with E-state index in [9.17, 15) is 9.59 Å². The highest BCUT2D eigenvalue weighted by Gasteiger charge is 2.23. The highest BCUT2D eigenvalue weighted by molar-refractivity contribution is 6.44. The summed E-state index contributed by atoms with van der Waals surface area (Å²) >= 11 is 5.97. The molecule has 2 amide bonds. The van der Waals surface area contributed by atoms with E-state index in [4.69, 9.17) is 17.3 Å². The van der Waals surface area contributed by atoms with E-state index in [0.29, 0.717) is 22.1 Å². The van der Waals surface area contributed by atoms with Crippen LogP contribution in [0.4, 0.5) is 17.1 Å². The summed E-state index contributed by atoms with van der Waals surface area (Å²) in [6.07, 6.45) is 0. The lowest BCUT2D eigenvalue weighted by molar-refractivity contribution is -0.134. The van der Waals surface area contributed by atoms with Gasteiger partial charge < -0.3 is 11.1 Å². The lowest BCUT2D eigenvalue weighted by atomic mass is 10.2. The number of carbonyl (C=O) groups excluding carboxylic acids is 2. The molecule has 0 heterocycles. The molecule has 6 heteroatoms. The molecule has 3 aromatic carbocycles. The van der Waals surface area contributed by atoms with Crippen molar-refractivity contribution >= 4 is 40.5 Å². The van der Waals surface area contributed by atoms with Crippen LogP contribution >= 0.6 is 11.6 Å². The van der Waals surface area contributed by atoms with Gasteiger partial charge in [-0.15, -0.1) is 0 Å². The number of amides is 2. The van der Waals surface area contributed by atoms with Crippen molar-refractivity contribution in [1.29, 1.82) is 0 Å². The second-order valence-corrected chi connectivity index (χ2v) is 6.31. The van der Waals surface area contributed by atoms with Crippen LogP contribution < -0.4 is 16.0 Å². The summed E-state index contributed by atoms with van der Waals surface area (Å²) in [4.78, 5) is 26.8. The minimum Gasteiger partial charge on any atom is -0.398 e. The first kappa shape index (κ1) is 18.5. The molecule has 3 N–H and O–H groups in total. The maximum atomic E-state index is 12.9. The van der Waals surface area contributed by atoms with Crippen molar-refractivity contribution in [2.75, 3.05) is 16.0 Å². The lowest BCUT2D eigenvalue weighted by Gasteiger charge is -2.22. The Hall–Kier alpha value is -3.31. The van der Waals surface area contributed by atoms with Crippen LogP contribution in [0.1, 0.15) is 5.56 Å². The predicted molar refractivity (Wildman–Crippen MR) is 109 cm³/mol. The Morgan fingerprint density at radius 3 is 2.19 bits per heavy atom. The van der Waals surface area contributed by atoms with Crippen LogP contribution in [0.15, 0.2) is 78.9 Å². The van der Waals surface area contributed by atoms with E-state index in [2.05, 4.69) is 5.32 Å². The van der Waals surface area contributed by atoms with E-state index < -0.39 is 11.8 Å². The Bertz CT molecular complexity index is 946. The smallest absolute Gasteiger partial charge is 0.316 e. The summed E-state index contributed by atoms with van der Waals surface area (Å²) < 4.78 is 0. The van der Waals surface area contributed by atoms with Crippen molar-refractivity contribution in [2.45, 2.75) is 6.54 Å². The van der Waals surface area contributed by atoms with Crippen LogP contribution in [0.3, 0.4) is 0 Å². The molecule has 136 valence electrons. The molecule has 0 aromatic heterocycles. The van der Waals surface area contributed by atoms with Crippen LogP contribution in [0.5, 0.6) is 0 Å². The molecule has 27 heavy (non-hydrogen) atoms. The number of nitrogens with two attached hydrogens (primary N) is 1. The molecule has 5 nitrogen and oxygen atoms in total. The van der Waals surface area contributed by atoms with E-state index in [1.807, 2.05) is 48.5 Å². The van der Waals surface area contributed by atoms with Crippen molar-refractivity contribution < 1.29 is 9.59 Å². The van der Waals surface area contributed by atoms with Crippen molar-refractivity contribution in [1.82, 2.24) is 0 Å². The van der Waals surface area contributed by atoms with Gasteiger partial charge in [-0.05, 0) is 35.9 Å². The van der Waals surface area contributed by atoms with Crippen molar-refractivity contribution in [3.05, 3.63) is 89.4 Å². The molecule has 0 radical (unpaired) electrons. The zero-order chi connectivity index (χ0) is 19.2. The average Bonchev–Trinajstić information content (AvgIpc) is 2.70. The number of para-hydroxylation sites is 1. The lowest BCUT2D eigenvalue weighted by Crippen LogP contribution is -2.39. The number of nitrogens with zero attached hydrogens (tertiary/aromatic N) is 1. The minimum atomic E-state index is -0.754. The third-order valence-electron chi connectivity index (χ3n) is 3.95. The number of rotatable bonds is 4. The summed E-state index contributed by atoms with van der Waals surface area (Å²) in [5, 5.41) is 2.89. The van der Waals surface area contributed by atoms with E-state index >= 15 is 0 Å². The largest absolute Gasteiger partial charge is 0.398 e. The molecular weight excluding hydrogens is 362 g/mol. The topological polar surface area (TPSA) is 75.4 Å². The number of nitrogens with one attached hydrogen (secondary N) is 1. The van der Waals surface area contributed by atoms with Crippen LogP contribution in [0.25, 0.3) is 0 Å². The van der Waals surface area contributed by atoms with Gasteiger partial charge in [0.25, 0.3) is 0 Å². The molecule has 0 unspecified atom stereocenters. The summed E-state index contributed by atoms with van der Waals surface area (Å²) in [5.41, 5.74) is 8.02. The Labute approximate surface area is 162 Å². The third-order valence-corrected chi connectivity index (χ3v) is 4.28. The van der Waals surface area contributed by atoms with Gasteiger partial charge in [0.2, 0.25) is 0 Å². The molecule has 0 bridgehead atoms. The first-order valence-corrected chi connectivity index (χ1v) is 8.69. The first-order valence-electron chi connectivity index (χ1n) is 8.31. The van der Waals surface area contributed by atoms with Gasteiger partial charge in [0, 0.05) is 11.4 Å². The number of halogens is 1. The Morgan fingerprint density at radius 2 is 1.56 bits per heavy atom. The van der Waals surface area contributed by atoms with Crippen molar-refractivity contribution in [2.24, 2.45) is 0 Å². The highest BCUT2D eigenvalue weighted by atomic mass is 35.5. The van der Waals surface area contributed by atoms with E-state index in [0.717, 1.165) is 5.56 Å². The van der Waals surface area contributed by atoms with E-state index in [-0.39, 0.29) is 6.54 Å². The zero-order valence-electron chi connectivity index (χ0n) is 14.4. The normalized spacial score (nSPS) is 10.3. The third kappa shape index (κ3) is 4.65. The highest BCUT2D eigenvalue weighted by Crippen LogP contribution is 2.23. The molecule has 0 aliphatic heterocycles. The van der Waals surface area contributed by atoms with Gasteiger partial charge in [0.15, 0.2) is 0 Å². The Balaban J connectivity index is 1.83. The number of nitrogen functional groups attached to an aromatic ring is 1.